The maximum Gasteiger partial charge on any atom is 0.433 e. The first-order chi connectivity index (χ1) is 12.4. The maximum atomic E-state index is 12.8. The number of halogens is 3. The van der Waals surface area contributed by atoms with Gasteiger partial charge in [-0.15, -0.1) is 0 Å². The normalized spacial score (nSPS) is 20.2. The van der Waals surface area contributed by atoms with Crippen molar-refractivity contribution in [2.45, 2.75) is 44.3 Å². The van der Waals surface area contributed by atoms with Crippen molar-refractivity contribution in [3.8, 4) is 0 Å². The van der Waals surface area contributed by atoms with Gasteiger partial charge in [-0.1, -0.05) is 0 Å². The topological polar surface area (TPSA) is 67.4 Å². The number of nitrogens with one attached hydrogen (secondary N) is 1. The summed E-state index contributed by atoms with van der Waals surface area (Å²) in [5.41, 5.74) is -0.930. The predicted octanol–water partition coefficient (Wildman–Crippen LogP) is 2.40. The number of rotatable bonds is 4. The van der Waals surface area contributed by atoms with Gasteiger partial charge in [-0.05, 0) is 37.7 Å². The van der Waals surface area contributed by atoms with Crippen LogP contribution >= 0.6 is 0 Å². The Labute approximate surface area is 150 Å². The molecule has 3 rings (SSSR count). The Hall–Kier alpha value is -1.90. The monoisotopic (exact) mass is 372 g/mol. The molecular weight excluding hydrogens is 349 g/mol. The number of ether oxygens (including phenoxy) is 1. The lowest BCUT2D eigenvalue weighted by Crippen LogP contribution is -2.41. The molecule has 2 fully saturated rings. The Morgan fingerprint density at radius 2 is 1.92 bits per heavy atom. The highest BCUT2D eigenvalue weighted by atomic mass is 19.4. The SMILES string of the molecule is O=C(CC1CCN(c2nccc(C(F)(F)F)n2)CC1)NC1CCOCC1. The predicted molar refractivity (Wildman–Crippen MR) is 88.6 cm³/mol. The van der Waals surface area contributed by atoms with Crippen LogP contribution in [0.2, 0.25) is 0 Å². The van der Waals surface area contributed by atoms with Gasteiger partial charge in [-0.2, -0.15) is 13.2 Å². The number of hydrogen-bond donors (Lipinski definition) is 1. The van der Waals surface area contributed by atoms with E-state index in [0.29, 0.717) is 32.7 Å². The molecule has 2 aliphatic heterocycles. The van der Waals surface area contributed by atoms with Crippen molar-refractivity contribution in [2.75, 3.05) is 31.2 Å². The minimum absolute atomic E-state index is 0.0469. The molecule has 0 saturated carbocycles. The minimum atomic E-state index is -4.47. The Kier molecular flexibility index (Phi) is 5.95. The van der Waals surface area contributed by atoms with Gasteiger partial charge in [0, 0.05) is 45.0 Å². The first kappa shape index (κ1) is 18.9. The van der Waals surface area contributed by atoms with Crippen molar-refractivity contribution in [2.24, 2.45) is 5.92 Å². The average molecular weight is 372 g/mol. The quantitative estimate of drug-likeness (QED) is 0.879. The highest BCUT2D eigenvalue weighted by molar-refractivity contribution is 5.76. The Morgan fingerprint density at radius 3 is 2.58 bits per heavy atom. The van der Waals surface area contributed by atoms with Gasteiger partial charge in [-0.3, -0.25) is 4.79 Å². The molecule has 0 radical (unpaired) electrons. The van der Waals surface area contributed by atoms with Crippen molar-refractivity contribution < 1.29 is 22.7 Å². The largest absolute Gasteiger partial charge is 0.433 e. The zero-order valence-electron chi connectivity index (χ0n) is 14.5. The van der Waals surface area contributed by atoms with Gasteiger partial charge in [0.15, 0.2) is 0 Å². The second-order valence-electron chi connectivity index (χ2n) is 6.83. The lowest BCUT2D eigenvalue weighted by Gasteiger charge is -2.32. The number of carbonyl (C=O) groups is 1. The summed E-state index contributed by atoms with van der Waals surface area (Å²) in [6, 6.07) is 1.06. The van der Waals surface area contributed by atoms with Crippen LogP contribution in [0.25, 0.3) is 0 Å². The summed E-state index contributed by atoms with van der Waals surface area (Å²) in [7, 11) is 0. The Bertz CT molecular complexity index is 612. The molecule has 0 bridgehead atoms. The molecule has 0 atom stereocenters. The second-order valence-corrected chi connectivity index (χ2v) is 6.83. The number of piperidine rings is 1. The van der Waals surface area contributed by atoms with E-state index in [4.69, 9.17) is 4.74 Å². The number of aromatic nitrogens is 2. The number of hydrogen-bond acceptors (Lipinski definition) is 5. The molecule has 1 aromatic rings. The summed E-state index contributed by atoms with van der Waals surface area (Å²) in [6.07, 6.45) is 0.279. The van der Waals surface area contributed by atoms with Crippen LogP contribution in [0.15, 0.2) is 12.3 Å². The minimum Gasteiger partial charge on any atom is -0.381 e. The molecule has 1 aromatic heterocycles. The molecule has 0 aromatic carbocycles. The van der Waals surface area contributed by atoms with E-state index >= 15 is 0 Å². The summed E-state index contributed by atoms with van der Waals surface area (Å²) >= 11 is 0. The molecule has 1 N–H and O–H groups in total. The molecule has 2 aliphatic rings. The van der Waals surface area contributed by atoms with Crippen molar-refractivity contribution >= 4 is 11.9 Å². The van der Waals surface area contributed by atoms with Crippen molar-refractivity contribution in [1.82, 2.24) is 15.3 Å². The number of anilines is 1. The summed E-state index contributed by atoms with van der Waals surface area (Å²) in [4.78, 5) is 21.5. The van der Waals surface area contributed by atoms with E-state index in [9.17, 15) is 18.0 Å². The molecule has 144 valence electrons. The van der Waals surface area contributed by atoms with Crippen LogP contribution < -0.4 is 10.2 Å². The maximum absolute atomic E-state index is 12.8. The van der Waals surface area contributed by atoms with Gasteiger partial charge in [0.05, 0.1) is 0 Å². The molecule has 0 unspecified atom stereocenters. The smallest absolute Gasteiger partial charge is 0.381 e. The standard InChI is InChI=1S/C17H23F3N4O2/c18-17(19,20)14-1-6-21-16(23-14)24-7-2-12(3-8-24)11-15(25)22-13-4-9-26-10-5-13/h1,6,12-13H,2-5,7-11H2,(H,22,25). The van der Waals surface area contributed by atoms with Gasteiger partial charge in [-0.25, -0.2) is 9.97 Å². The first-order valence-electron chi connectivity index (χ1n) is 8.94. The van der Waals surface area contributed by atoms with Gasteiger partial charge in [0.1, 0.15) is 5.69 Å². The number of nitrogens with zero attached hydrogens (tertiary/aromatic N) is 3. The number of carbonyl (C=O) groups excluding carboxylic acids is 1. The van der Waals surface area contributed by atoms with Crippen LogP contribution in [-0.4, -0.2) is 48.2 Å². The number of alkyl halides is 3. The average Bonchev–Trinajstić information content (AvgIpc) is 2.62. The van der Waals surface area contributed by atoms with Gasteiger partial charge >= 0.3 is 6.18 Å². The summed E-state index contributed by atoms with van der Waals surface area (Å²) in [5, 5.41) is 3.05. The fraction of sp³-hybridized carbons (Fsp3) is 0.706. The van der Waals surface area contributed by atoms with Crippen LogP contribution in [0, 0.1) is 5.92 Å². The third kappa shape index (κ3) is 5.06. The van der Waals surface area contributed by atoms with Crippen LogP contribution in [0.1, 0.15) is 37.8 Å². The van der Waals surface area contributed by atoms with Gasteiger partial charge in [0.25, 0.3) is 0 Å². The van der Waals surface area contributed by atoms with E-state index < -0.39 is 11.9 Å². The Balaban J connectivity index is 1.47. The molecule has 6 nitrogen and oxygen atoms in total. The second kappa shape index (κ2) is 8.20. The molecule has 1 amide bonds. The molecule has 2 saturated heterocycles. The van der Waals surface area contributed by atoms with Crippen LogP contribution in [0.3, 0.4) is 0 Å². The summed E-state index contributed by atoms with van der Waals surface area (Å²) in [5.74, 6) is 0.382. The van der Waals surface area contributed by atoms with E-state index in [1.165, 1.54) is 0 Å². The van der Waals surface area contributed by atoms with Crippen molar-refractivity contribution in [1.29, 1.82) is 0 Å². The third-order valence-corrected chi connectivity index (χ3v) is 4.89. The lowest BCUT2D eigenvalue weighted by atomic mass is 9.93. The Morgan fingerprint density at radius 1 is 1.23 bits per heavy atom. The highest BCUT2D eigenvalue weighted by Gasteiger charge is 2.33. The molecule has 0 spiro atoms. The fourth-order valence-electron chi connectivity index (χ4n) is 3.39. The number of amides is 1. The fourth-order valence-corrected chi connectivity index (χ4v) is 3.39. The zero-order chi connectivity index (χ0) is 18.6. The van der Waals surface area contributed by atoms with E-state index in [2.05, 4.69) is 15.3 Å². The third-order valence-electron chi connectivity index (χ3n) is 4.89. The lowest BCUT2D eigenvalue weighted by molar-refractivity contribution is -0.141. The molecule has 0 aliphatic carbocycles. The van der Waals surface area contributed by atoms with E-state index in [-0.39, 0.29) is 23.8 Å². The van der Waals surface area contributed by atoms with E-state index in [1.54, 1.807) is 4.90 Å². The van der Waals surface area contributed by atoms with Gasteiger partial charge < -0.3 is 15.0 Å². The van der Waals surface area contributed by atoms with E-state index in [0.717, 1.165) is 37.9 Å². The molecular formula is C17H23F3N4O2. The van der Waals surface area contributed by atoms with Crippen molar-refractivity contribution in [3.63, 3.8) is 0 Å². The van der Waals surface area contributed by atoms with Crippen LogP contribution in [-0.2, 0) is 15.7 Å². The molecule has 9 heteroatoms. The van der Waals surface area contributed by atoms with Crippen molar-refractivity contribution in [3.05, 3.63) is 18.0 Å². The highest BCUT2D eigenvalue weighted by Crippen LogP contribution is 2.29. The summed E-state index contributed by atoms with van der Waals surface area (Å²) < 4.78 is 43.6. The molecule has 3 heterocycles. The van der Waals surface area contributed by atoms with E-state index in [1.807, 2.05) is 0 Å². The summed E-state index contributed by atoms with van der Waals surface area (Å²) in [6.45, 7) is 2.47. The van der Waals surface area contributed by atoms with Crippen LogP contribution in [0.5, 0.6) is 0 Å². The first-order valence-corrected chi connectivity index (χ1v) is 8.94. The van der Waals surface area contributed by atoms with Gasteiger partial charge in [0.2, 0.25) is 11.9 Å². The van der Waals surface area contributed by atoms with Crippen LogP contribution in [0.4, 0.5) is 19.1 Å². The zero-order valence-corrected chi connectivity index (χ0v) is 14.5. The molecule has 26 heavy (non-hydrogen) atoms.